The number of carbonyl (C=O) groups is 3. The van der Waals surface area contributed by atoms with E-state index in [0.717, 1.165) is 21.1 Å². The third-order valence-corrected chi connectivity index (χ3v) is 7.17. The van der Waals surface area contributed by atoms with Crippen LogP contribution in [0.4, 0.5) is 5.69 Å². The van der Waals surface area contributed by atoms with Crippen LogP contribution in [0.15, 0.2) is 91.0 Å². The first-order valence-corrected chi connectivity index (χ1v) is 11.7. The molecule has 2 unspecified atom stereocenters. The van der Waals surface area contributed by atoms with Gasteiger partial charge in [-0.1, -0.05) is 54.6 Å². The summed E-state index contributed by atoms with van der Waals surface area (Å²) >= 11 is 0. The molecule has 0 saturated carbocycles. The highest BCUT2D eigenvalue weighted by molar-refractivity contribution is 6.35. The number of fused-ring (bicyclic) bond motifs is 4. The number of Topliss-reactive ketones (excluding diaryl/α,β-unsaturated/α-hetero) is 1. The van der Waals surface area contributed by atoms with Gasteiger partial charge in [0.25, 0.3) is 11.8 Å². The van der Waals surface area contributed by atoms with Gasteiger partial charge in [-0.2, -0.15) is 0 Å². The average molecular weight is 470 g/mol. The second-order valence-corrected chi connectivity index (χ2v) is 9.15. The smallest absolute Gasteiger partial charge is 0.266 e. The number of anilines is 1. The number of carbonyl (C=O) groups excluding carboxylic acids is 3. The van der Waals surface area contributed by atoms with Gasteiger partial charge < -0.3 is 5.11 Å². The van der Waals surface area contributed by atoms with E-state index in [1.165, 1.54) is 0 Å². The van der Waals surface area contributed by atoms with Crippen molar-refractivity contribution < 1.29 is 19.5 Å². The Kier molecular flexibility index (Phi) is 4.25. The Morgan fingerprint density at radius 2 is 1.31 bits per heavy atom. The van der Waals surface area contributed by atoms with E-state index in [4.69, 9.17) is 4.98 Å². The van der Waals surface area contributed by atoms with Crippen molar-refractivity contribution in [3.8, 4) is 0 Å². The molecule has 4 aromatic carbocycles. The van der Waals surface area contributed by atoms with Gasteiger partial charge in [-0.15, -0.1) is 0 Å². The Morgan fingerprint density at radius 1 is 0.667 bits per heavy atom. The number of hydrogen-bond acceptors (Lipinski definition) is 5. The number of aromatic nitrogens is 1. The van der Waals surface area contributed by atoms with Crippen molar-refractivity contribution in [3.63, 3.8) is 0 Å². The van der Waals surface area contributed by atoms with Gasteiger partial charge in [-0.25, -0.2) is 9.88 Å². The predicted octanol–water partition coefficient (Wildman–Crippen LogP) is 5.20. The van der Waals surface area contributed by atoms with Crippen LogP contribution in [-0.4, -0.2) is 27.7 Å². The molecule has 2 aliphatic rings. The number of benzene rings is 4. The van der Waals surface area contributed by atoms with Crippen molar-refractivity contribution >= 4 is 45.0 Å². The topological polar surface area (TPSA) is 87.6 Å². The first kappa shape index (κ1) is 20.7. The lowest BCUT2D eigenvalue weighted by Gasteiger charge is -2.18. The molecule has 1 aliphatic heterocycles. The van der Waals surface area contributed by atoms with E-state index in [0.29, 0.717) is 39.2 Å². The zero-order chi connectivity index (χ0) is 24.6. The summed E-state index contributed by atoms with van der Waals surface area (Å²) in [5, 5.41) is 13.8. The van der Waals surface area contributed by atoms with Crippen LogP contribution in [0.1, 0.15) is 54.4 Å². The van der Waals surface area contributed by atoms with Crippen LogP contribution in [0, 0.1) is 0 Å². The molecule has 36 heavy (non-hydrogen) atoms. The van der Waals surface area contributed by atoms with Crippen LogP contribution in [0.25, 0.3) is 21.7 Å². The molecule has 0 bridgehead atoms. The van der Waals surface area contributed by atoms with Gasteiger partial charge in [0.15, 0.2) is 5.78 Å². The molecular weight excluding hydrogens is 452 g/mol. The molecule has 2 atom stereocenters. The van der Waals surface area contributed by atoms with E-state index in [1.54, 1.807) is 48.5 Å². The maximum absolute atomic E-state index is 13.5. The van der Waals surface area contributed by atoms with Crippen molar-refractivity contribution in [3.05, 3.63) is 119 Å². The second kappa shape index (κ2) is 7.41. The predicted molar refractivity (Wildman–Crippen MR) is 135 cm³/mol. The highest BCUT2D eigenvalue weighted by Crippen LogP contribution is 2.44. The largest absolute Gasteiger partial charge is 0.387 e. The number of rotatable bonds is 2. The summed E-state index contributed by atoms with van der Waals surface area (Å²) in [6, 6.07) is 26.9. The lowest BCUT2D eigenvalue weighted by molar-refractivity contribution is 0.0865. The quantitative estimate of drug-likeness (QED) is 0.358. The van der Waals surface area contributed by atoms with Crippen LogP contribution in [0.3, 0.4) is 0 Å². The van der Waals surface area contributed by atoms with Crippen LogP contribution in [0.5, 0.6) is 0 Å². The lowest BCUT2D eigenvalue weighted by Crippen LogP contribution is -2.29. The van der Waals surface area contributed by atoms with Crippen LogP contribution < -0.4 is 4.90 Å². The first-order valence-electron chi connectivity index (χ1n) is 11.7. The Labute approximate surface area is 205 Å². The SMILES string of the molecule is O=C1c2cc3ccccc3cc2C(O)C1c1ccc2cccc(N3C(=O)c4ccccc4C3=O)c2n1. The van der Waals surface area contributed by atoms with Gasteiger partial charge >= 0.3 is 0 Å². The van der Waals surface area contributed by atoms with Gasteiger partial charge in [0.1, 0.15) is 0 Å². The van der Waals surface area contributed by atoms with E-state index >= 15 is 0 Å². The average Bonchev–Trinajstić information content (AvgIpc) is 3.31. The van der Waals surface area contributed by atoms with Gasteiger partial charge in [0.2, 0.25) is 0 Å². The van der Waals surface area contributed by atoms with E-state index in [1.807, 2.05) is 42.5 Å². The number of imide groups is 1. The zero-order valence-electron chi connectivity index (χ0n) is 18.9. The third-order valence-electron chi connectivity index (χ3n) is 7.17. The van der Waals surface area contributed by atoms with Gasteiger partial charge in [0, 0.05) is 10.9 Å². The molecule has 2 heterocycles. The highest BCUT2D eigenvalue weighted by atomic mass is 16.3. The summed E-state index contributed by atoms with van der Waals surface area (Å²) in [6.45, 7) is 0. The molecule has 1 N–H and O–H groups in total. The summed E-state index contributed by atoms with van der Waals surface area (Å²) < 4.78 is 0. The molecule has 6 nitrogen and oxygen atoms in total. The number of aliphatic hydroxyl groups excluding tert-OH is 1. The number of aliphatic hydroxyl groups is 1. The third kappa shape index (κ3) is 2.76. The number of para-hydroxylation sites is 1. The molecule has 1 aliphatic carbocycles. The Bertz CT molecular complexity index is 1760. The van der Waals surface area contributed by atoms with Crippen molar-refractivity contribution in [2.24, 2.45) is 0 Å². The summed E-state index contributed by atoms with van der Waals surface area (Å²) in [4.78, 5) is 45.6. The fourth-order valence-electron chi connectivity index (χ4n) is 5.41. The Morgan fingerprint density at radius 3 is 2.03 bits per heavy atom. The Balaban J connectivity index is 1.35. The fourth-order valence-corrected chi connectivity index (χ4v) is 5.41. The standard InChI is InChI=1S/C30H18N2O4/c33-27-21-14-17-6-1-2-7-18(17)15-22(21)28(34)25(27)23-13-12-16-8-5-11-24(26(16)31-23)32-29(35)19-9-3-4-10-20(19)30(32)36/h1-15,25,27,33H. The minimum atomic E-state index is -1.05. The minimum absolute atomic E-state index is 0.201. The Hall–Kier alpha value is -4.68. The van der Waals surface area contributed by atoms with Crippen molar-refractivity contribution in [2.45, 2.75) is 12.0 Å². The van der Waals surface area contributed by atoms with Crippen molar-refractivity contribution in [2.75, 3.05) is 4.90 Å². The molecule has 6 heteroatoms. The summed E-state index contributed by atoms with van der Waals surface area (Å²) in [7, 11) is 0. The molecular formula is C30H18N2O4. The molecule has 0 spiro atoms. The summed E-state index contributed by atoms with van der Waals surface area (Å²) in [5.74, 6) is -1.90. The van der Waals surface area contributed by atoms with Crippen molar-refractivity contribution in [1.29, 1.82) is 0 Å². The minimum Gasteiger partial charge on any atom is -0.387 e. The second-order valence-electron chi connectivity index (χ2n) is 9.15. The molecule has 1 aromatic heterocycles. The number of nitrogens with zero attached hydrogens (tertiary/aromatic N) is 2. The summed E-state index contributed by atoms with van der Waals surface area (Å²) in [5.41, 5.74) is 2.93. The number of amides is 2. The van der Waals surface area contributed by atoms with E-state index < -0.39 is 23.8 Å². The summed E-state index contributed by atoms with van der Waals surface area (Å²) in [6.07, 6.45) is -1.05. The molecule has 7 rings (SSSR count). The monoisotopic (exact) mass is 470 g/mol. The zero-order valence-corrected chi connectivity index (χ0v) is 18.9. The molecule has 0 saturated heterocycles. The first-order chi connectivity index (χ1) is 17.5. The molecule has 2 amide bonds. The van der Waals surface area contributed by atoms with Crippen LogP contribution in [-0.2, 0) is 0 Å². The maximum atomic E-state index is 13.5. The van der Waals surface area contributed by atoms with Gasteiger partial charge in [-0.05, 0) is 52.7 Å². The number of hydrogen-bond donors (Lipinski definition) is 1. The van der Waals surface area contributed by atoms with E-state index in [2.05, 4.69) is 0 Å². The molecule has 0 fully saturated rings. The molecule has 0 radical (unpaired) electrons. The fraction of sp³-hybridized carbons (Fsp3) is 0.0667. The van der Waals surface area contributed by atoms with E-state index in [-0.39, 0.29) is 5.78 Å². The van der Waals surface area contributed by atoms with Crippen LogP contribution in [0.2, 0.25) is 0 Å². The molecule has 172 valence electrons. The maximum Gasteiger partial charge on any atom is 0.266 e. The normalized spacial score (nSPS) is 18.8. The van der Waals surface area contributed by atoms with Crippen LogP contribution >= 0.6 is 0 Å². The molecule has 5 aromatic rings. The number of pyridine rings is 1. The lowest BCUT2D eigenvalue weighted by atomic mass is 9.97. The van der Waals surface area contributed by atoms with Gasteiger partial charge in [-0.3, -0.25) is 14.4 Å². The van der Waals surface area contributed by atoms with Crippen molar-refractivity contribution in [1.82, 2.24) is 4.98 Å². The highest BCUT2D eigenvalue weighted by Gasteiger charge is 2.42. The number of ketones is 1. The van der Waals surface area contributed by atoms with E-state index in [9.17, 15) is 19.5 Å². The van der Waals surface area contributed by atoms with Gasteiger partial charge in [0.05, 0.1) is 40.0 Å².